The minimum atomic E-state index is -0.839. The van der Waals surface area contributed by atoms with E-state index in [0.717, 1.165) is 5.56 Å². The molecule has 0 saturated carbocycles. The lowest BCUT2D eigenvalue weighted by atomic mass is 10.2. The lowest BCUT2D eigenvalue weighted by Gasteiger charge is -2.23. The highest BCUT2D eigenvalue weighted by Crippen LogP contribution is 2.03. The minimum Gasteiger partial charge on any atom is -0.481 e. The molecule has 1 aromatic carbocycles. The molecule has 0 heterocycles. The van der Waals surface area contributed by atoms with Gasteiger partial charge in [0.25, 0.3) is 0 Å². The van der Waals surface area contributed by atoms with E-state index >= 15 is 0 Å². The fourth-order valence-corrected chi connectivity index (χ4v) is 1.86. The average molecular weight is 278 g/mol. The van der Waals surface area contributed by atoms with Gasteiger partial charge in [0.1, 0.15) is 0 Å². The summed E-state index contributed by atoms with van der Waals surface area (Å²) in [4.78, 5) is 26.2. The first-order valence-electron chi connectivity index (χ1n) is 6.75. The second-order valence-corrected chi connectivity index (χ2v) is 4.75. The summed E-state index contributed by atoms with van der Waals surface area (Å²) in [6.45, 7) is 3.81. The molecular formula is C15H22N2O3. The maximum Gasteiger partial charge on any atom is 0.304 e. The number of hydrogen-bond acceptors (Lipinski definition) is 3. The SMILES string of the molecule is CCN(CCC(=O)O)CC(=O)N(C)Cc1ccccc1. The van der Waals surface area contributed by atoms with E-state index < -0.39 is 5.97 Å². The highest BCUT2D eigenvalue weighted by atomic mass is 16.4. The number of carbonyl (C=O) groups is 2. The van der Waals surface area contributed by atoms with Crippen molar-refractivity contribution < 1.29 is 14.7 Å². The van der Waals surface area contributed by atoms with Crippen molar-refractivity contribution in [3.05, 3.63) is 35.9 Å². The molecule has 20 heavy (non-hydrogen) atoms. The van der Waals surface area contributed by atoms with E-state index in [2.05, 4.69) is 0 Å². The van der Waals surface area contributed by atoms with Gasteiger partial charge in [0.15, 0.2) is 0 Å². The Balaban J connectivity index is 2.45. The molecule has 1 aromatic rings. The zero-order valence-corrected chi connectivity index (χ0v) is 12.1. The van der Waals surface area contributed by atoms with Crippen LogP contribution in [-0.4, -0.2) is 53.5 Å². The van der Waals surface area contributed by atoms with Crippen LogP contribution in [0.2, 0.25) is 0 Å². The van der Waals surface area contributed by atoms with E-state index in [4.69, 9.17) is 5.11 Å². The predicted molar refractivity (Wildman–Crippen MR) is 77.3 cm³/mol. The number of nitrogens with zero attached hydrogens (tertiary/aromatic N) is 2. The predicted octanol–water partition coefficient (Wildman–Crippen LogP) is 1.44. The molecule has 0 radical (unpaired) electrons. The standard InChI is InChI=1S/C15H22N2O3/c1-3-17(10-9-15(19)20)12-14(18)16(2)11-13-7-5-4-6-8-13/h4-8H,3,9-12H2,1-2H3,(H,19,20). The molecule has 5 heteroatoms. The van der Waals surface area contributed by atoms with Crippen LogP contribution in [0.15, 0.2) is 30.3 Å². The number of carboxylic acid groups (broad SMARTS) is 1. The Morgan fingerprint density at radius 1 is 1.20 bits per heavy atom. The fourth-order valence-electron chi connectivity index (χ4n) is 1.86. The van der Waals surface area contributed by atoms with Crippen molar-refractivity contribution in [1.82, 2.24) is 9.80 Å². The Morgan fingerprint density at radius 2 is 1.85 bits per heavy atom. The number of amides is 1. The van der Waals surface area contributed by atoms with E-state index in [1.54, 1.807) is 11.9 Å². The third-order valence-electron chi connectivity index (χ3n) is 3.14. The molecule has 0 aromatic heterocycles. The van der Waals surface area contributed by atoms with Gasteiger partial charge in [-0.1, -0.05) is 37.3 Å². The number of hydrogen-bond donors (Lipinski definition) is 1. The van der Waals surface area contributed by atoms with Crippen LogP contribution in [-0.2, 0) is 16.1 Å². The van der Waals surface area contributed by atoms with Gasteiger partial charge in [-0.3, -0.25) is 14.5 Å². The quantitative estimate of drug-likeness (QED) is 0.781. The van der Waals surface area contributed by atoms with Crippen molar-refractivity contribution >= 4 is 11.9 Å². The molecule has 0 saturated heterocycles. The van der Waals surface area contributed by atoms with Crippen LogP contribution >= 0.6 is 0 Å². The largest absolute Gasteiger partial charge is 0.481 e. The molecule has 110 valence electrons. The van der Waals surface area contributed by atoms with Crippen LogP contribution in [0.3, 0.4) is 0 Å². The molecule has 0 aliphatic rings. The Bertz CT molecular complexity index is 434. The average Bonchev–Trinajstić information content (AvgIpc) is 2.44. The highest BCUT2D eigenvalue weighted by Gasteiger charge is 2.14. The Kier molecular flexibility index (Phi) is 6.73. The Morgan fingerprint density at radius 3 is 2.40 bits per heavy atom. The Labute approximate surface area is 119 Å². The molecule has 1 amide bonds. The lowest BCUT2D eigenvalue weighted by molar-refractivity contribution is -0.138. The number of carbonyl (C=O) groups excluding carboxylic acids is 1. The lowest BCUT2D eigenvalue weighted by Crippen LogP contribution is -2.38. The summed E-state index contributed by atoms with van der Waals surface area (Å²) in [7, 11) is 1.76. The van der Waals surface area contributed by atoms with Crippen molar-refractivity contribution in [2.24, 2.45) is 0 Å². The number of aliphatic carboxylic acids is 1. The van der Waals surface area contributed by atoms with Crippen molar-refractivity contribution in [2.75, 3.05) is 26.7 Å². The van der Waals surface area contributed by atoms with Gasteiger partial charge in [-0.2, -0.15) is 0 Å². The summed E-state index contributed by atoms with van der Waals surface area (Å²) in [6, 6.07) is 9.78. The molecule has 0 bridgehead atoms. The zero-order valence-electron chi connectivity index (χ0n) is 12.1. The molecule has 0 fully saturated rings. The Hall–Kier alpha value is -1.88. The van der Waals surface area contributed by atoms with Crippen LogP contribution in [0, 0.1) is 0 Å². The summed E-state index contributed by atoms with van der Waals surface area (Å²) >= 11 is 0. The van der Waals surface area contributed by atoms with E-state index in [-0.39, 0.29) is 18.9 Å². The van der Waals surface area contributed by atoms with Crippen LogP contribution in [0.1, 0.15) is 18.9 Å². The minimum absolute atomic E-state index is 0.00101. The first-order valence-corrected chi connectivity index (χ1v) is 6.75. The smallest absolute Gasteiger partial charge is 0.304 e. The van der Waals surface area contributed by atoms with Gasteiger partial charge < -0.3 is 10.0 Å². The van der Waals surface area contributed by atoms with Crippen LogP contribution in [0.4, 0.5) is 0 Å². The number of likely N-dealkylation sites (N-methyl/N-ethyl adjacent to an activating group) is 2. The highest BCUT2D eigenvalue weighted by molar-refractivity contribution is 5.78. The zero-order chi connectivity index (χ0) is 15.0. The van der Waals surface area contributed by atoms with Crippen molar-refractivity contribution in [3.63, 3.8) is 0 Å². The van der Waals surface area contributed by atoms with Crippen LogP contribution in [0.25, 0.3) is 0 Å². The molecule has 1 N–H and O–H groups in total. The molecule has 0 spiro atoms. The third kappa shape index (κ3) is 5.84. The summed E-state index contributed by atoms with van der Waals surface area (Å²) in [5.74, 6) is -0.838. The molecular weight excluding hydrogens is 256 g/mol. The normalized spacial score (nSPS) is 10.6. The van der Waals surface area contributed by atoms with Gasteiger partial charge in [-0.15, -0.1) is 0 Å². The van der Waals surface area contributed by atoms with E-state index in [1.807, 2.05) is 42.2 Å². The van der Waals surface area contributed by atoms with Gasteiger partial charge in [-0.25, -0.2) is 0 Å². The maximum absolute atomic E-state index is 12.1. The van der Waals surface area contributed by atoms with Gasteiger partial charge in [0.2, 0.25) is 5.91 Å². The first kappa shape index (κ1) is 16.2. The summed E-state index contributed by atoms with van der Waals surface area (Å²) in [6.07, 6.45) is 0.0590. The summed E-state index contributed by atoms with van der Waals surface area (Å²) < 4.78 is 0. The molecule has 5 nitrogen and oxygen atoms in total. The number of carboxylic acids is 1. The summed E-state index contributed by atoms with van der Waals surface area (Å²) in [5.41, 5.74) is 1.08. The van der Waals surface area contributed by atoms with Crippen LogP contribution < -0.4 is 0 Å². The van der Waals surface area contributed by atoms with Gasteiger partial charge in [0, 0.05) is 20.1 Å². The topological polar surface area (TPSA) is 60.9 Å². The fraction of sp³-hybridized carbons (Fsp3) is 0.467. The van der Waals surface area contributed by atoms with Gasteiger partial charge >= 0.3 is 5.97 Å². The van der Waals surface area contributed by atoms with Crippen molar-refractivity contribution in [3.8, 4) is 0 Å². The van der Waals surface area contributed by atoms with Gasteiger partial charge in [-0.05, 0) is 12.1 Å². The maximum atomic E-state index is 12.1. The molecule has 0 aliphatic heterocycles. The molecule has 0 unspecified atom stereocenters. The number of rotatable bonds is 8. The molecule has 0 aliphatic carbocycles. The van der Waals surface area contributed by atoms with E-state index in [0.29, 0.717) is 19.6 Å². The van der Waals surface area contributed by atoms with Crippen LogP contribution in [0.5, 0.6) is 0 Å². The van der Waals surface area contributed by atoms with E-state index in [1.165, 1.54) is 0 Å². The van der Waals surface area contributed by atoms with Crippen molar-refractivity contribution in [2.45, 2.75) is 19.9 Å². The molecule has 1 rings (SSSR count). The molecule has 0 atom stereocenters. The first-order chi connectivity index (χ1) is 9.52. The summed E-state index contributed by atoms with van der Waals surface area (Å²) in [5, 5.41) is 8.67. The van der Waals surface area contributed by atoms with E-state index in [9.17, 15) is 9.59 Å². The van der Waals surface area contributed by atoms with Gasteiger partial charge in [0.05, 0.1) is 13.0 Å². The number of benzene rings is 1. The second-order valence-electron chi connectivity index (χ2n) is 4.75. The van der Waals surface area contributed by atoms with Crippen molar-refractivity contribution in [1.29, 1.82) is 0 Å². The monoisotopic (exact) mass is 278 g/mol. The second kappa shape index (κ2) is 8.32. The third-order valence-corrected chi connectivity index (χ3v) is 3.14.